The van der Waals surface area contributed by atoms with Crippen molar-refractivity contribution in [2.75, 3.05) is 6.54 Å². The summed E-state index contributed by atoms with van der Waals surface area (Å²) in [6.45, 7) is 2.67. The largest absolute Gasteiger partial charge is 0.339 e. The third-order valence-corrected chi connectivity index (χ3v) is 3.63. The highest BCUT2D eigenvalue weighted by Gasteiger charge is 2.13. The molecule has 0 amide bonds. The molecule has 0 aliphatic rings. The van der Waals surface area contributed by atoms with Crippen LogP contribution in [-0.2, 0) is 6.42 Å². The lowest BCUT2D eigenvalue weighted by Crippen LogP contribution is -2.15. The predicted octanol–water partition coefficient (Wildman–Crippen LogP) is 3.17. The van der Waals surface area contributed by atoms with Gasteiger partial charge in [0.05, 0.1) is 4.47 Å². The maximum absolute atomic E-state index is 13.2. The number of aromatic nitrogens is 2. The second-order valence-electron chi connectivity index (χ2n) is 4.35. The Morgan fingerprint density at radius 3 is 2.89 bits per heavy atom. The van der Waals surface area contributed by atoms with Crippen LogP contribution in [0.2, 0.25) is 0 Å². The average molecular weight is 328 g/mol. The van der Waals surface area contributed by atoms with Gasteiger partial charge in [0.25, 0.3) is 0 Å². The Morgan fingerprint density at radius 2 is 2.26 bits per heavy atom. The molecule has 1 atom stereocenters. The van der Waals surface area contributed by atoms with Gasteiger partial charge in [0.1, 0.15) is 5.82 Å². The van der Waals surface area contributed by atoms with Crippen LogP contribution in [0.15, 0.2) is 27.2 Å². The zero-order valence-corrected chi connectivity index (χ0v) is 12.2. The molecule has 102 valence electrons. The van der Waals surface area contributed by atoms with Crippen molar-refractivity contribution in [2.24, 2.45) is 11.7 Å². The monoisotopic (exact) mass is 327 g/mol. The maximum Gasteiger partial charge on any atom is 0.227 e. The maximum atomic E-state index is 13.2. The number of halogens is 2. The van der Waals surface area contributed by atoms with Gasteiger partial charge in [-0.05, 0) is 46.6 Å². The minimum Gasteiger partial charge on any atom is -0.339 e. The molecule has 0 radical (unpaired) electrons. The van der Waals surface area contributed by atoms with Crippen LogP contribution in [0.5, 0.6) is 0 Å². The number of rotatable bonds is 5. The minimum atomic E-state index is -0.318. The van der Waals surface area contributed by atoms with Gasteiger partial charge >= 0.3 is 0 Å². The molecule has 4 nitrogen and oxygen atoms in total. The van der Waals surface area contributed by atoms with Gasteiger partial charge in [-0.1, -0.05) is 18.5 Å². The van der Waals surface area contributed by atoms with Crippen LogP contribution in [0.3, 0.4) is 0 Å². The number of hydrogen-bond donors (Lipinski definition) is 1. The molecule has 19 heavy (non-hydrogen) atoms. The first-order valence-corrected chi connectivity index (χ1v) is 6.91. The fourth-order valence-electron chi connectivity index (χ4n) is 1.73. The third kappa shape index (κ3) is 3.39. The number of benzene rings is 1. The lowest BCUT2D eigenvalue weighted by atomic mass is 10.0. The second kappa shape index (κ2) is 6.25. The molecule has 1 unspecified atom stereocenters. The summed E-state index contributed by atoms with van der Waals surface area (Å²) in [5, 5.41) is 3.91. The van der Waals surface area contributed by atoms with Gasteiger partial charge in [0, 0.05) is 12.0 Å². The topological polar surface area (TPSA) is 64.9 Å². The van der Waals surface area contributed by atoms with E-state index in [2.05, 4.69) is 33.0 Å². The molecule has 0 aliphatic carbocycles. The number of nitrogens with zero attached hydrogens (tertiary/aromatic N) is 2. The number of hydrogen-bond acceptors (Lipinski definition) is 4. The molecular weight excluding hydrogens is 313 g/mol. The fraction of sp³-hybridized carbons (Fsp3) is 0.385. The Balaban J connectivity index is 2.18. The van der Waals surface area contributed by atoms with Crippen LogP contribution in [0.1, 0.15) is 19.2 Å². The molecule has 2 aromatic rings. The SMILES string of the molecule is CCC(CN)Cc1nc(-c2ccc(F)c(Br)c2)no1. The average Bonchev–Trinajstić information content (AvgIpc) is 2.87. The van der Waals surface area contributed by atoms with Gasteiger partial charge in [0.15, 0.2) is 0 Å². The smallest absolute Gasteiger partial charge is 0.227 e. The van der Waals surface area contributed by atoms with Gasteiger partial charge < -0.3 is 10.3 Å². The quantitative estimate of drug-likeness (QED) is 0.916. The van der Waals surface area contributed by atoms with Gasteiger partial charge in [-0.15, -0.1) is 0 Å². The van der Waals surface area contributed by atoms with E-state index in [4.69, 9.17) is 10.3 Å². The molecule has 0 saturated carbocycles. The van der Waals surface area contributed by atoms with E-state index < -0.39 is 0 Å². The highest BCUT2D eigenvalue weighted by molar-refractivity contribution is 9.10. The fourth-order valence-corrected chi connectivity index (χ4v) is 2.11. The van der Waals surface area contributed by atoms with E-state index in [0.717, 1.165) is 6.42 Å². The van der Waals surface area contributed by atoms with Crippen molar-refractivity contribution in [2.45, 2.75) is 19.8 Å². The Kier molecular flexibility index (Phi) is 4.66. The molecule has 6 heteroatoms. The molecule has 0 aliphatic heterocycles. The highest BCUT2D eigenvalue weighted by atomic mass is 79.9. The summed E-state index contributed by atoms with van der Waals surface area (Å²) >= 11 is 3.14. The van der Waals surface area contributed by atoms with Gasteiger partial charge in [0.2, 0.25) is 11.7 Å². The van der Waals surface area contributed by atoms with Crippen LogP contribution in [-0.4, -0.2) is 16.7 Å². The van der Waals surface area contributed by atoms with E-state index in [1.807, 2.05) is 0 Å². The third-order valence-electron chi connectivity index (χ3n) is 3.02. The predicted molar refractivity (Wildman–Crippen MR) is 73.9 cm³/mol. The van der Waals surface area contributed by atoms with E-state index in [0.29, 0.717) is 40.6 Å². The molecule has 2 rings (SSSR count). The Bertz CT molecular complexity index is 555. The first-order valence-electron chi connectivity index (χ1n) is 6.12. The van der Waals surface area contributed by atoms with Crippen molar-refractivity contribution in [3.05, 3.63) is 34.4 Å². The summed E-state index contributed by atoms with van der Waals surface area (Å²) in [4.78, 5) is 4.31. The summed E-state index contributed by atoms with van der Waals surface area (Å²) in [6, 6.07) is 4.61. The Labute approximate surface area is 119 Å². The van der Waals surface area contributed by atoms with E-state index in [1.54, 1.807) is 12.1 Å². The van der Waals surface area contributed by atoms with Crippen molar-refractivity contribution in [1.82, 2.24) is 10.1 Å². The van der Waals surface area contributed by atoms with Gasteiger partial charge in [-0.25, -0.2) is 4.39 Å². The van der Waals surface area contributed by atoms with Crippen molar-refractivity contribution >= 4 is 15.9 Å². The van der Waals surface area contributed by atoms with E-state index >= 15 is 0 Å². The van der Waals surface area contributed by atoms with Crippen LogP contribution >= 0.6 is 15.9 Å². The van der Waals surface area contributed by atoms with Crippen LogP contribution in [0, 0.1) is 11.7 Å². The lowest BCUT2D eigenvalue weighted by molar-refractivity contribution is 0.350. The highest BCUT2D eigenvalue weighted by Crippen LogP contribution is 2.23. The van der Waals surface area contributed by atoms with Gasteiger partial charge in [-0.3, -0.25) is 0 Å². The summed E-state index contributed by atoms with van der Waals surface area (Å²) in [6.07, 6.45) is 1.64. The summed E-state index contributed by atoms with van der Waals surface area (Å²) in [5.41, 5.74) is 6.36. The minimum absolute atomic E-state index is 0.318. The molecule has 2 N–H and O–H groups in total. The van der Waals surface area contributed by atoms with E-state index in [9.17, 15) is 4.39 Å². The van der Waals surface area contributed by atoms with Crippen molar-refractivity contribution in [3.63, 3.8) is 0 Å². The normalized spacial score (nSPS) is 12.6. The molecular formula is C13H15BrFN3O. The molecule has 0 spiro atoms. The first-order chi connectivity index (χ1) is 9.13. The molecule has 1 aromatic heterocycles. The Hall–Kier alpha value is -1.27. The summed E-state index contributed by atoms with van der Waals surface area (Å²) < 4.78 is 18.7. The number of nitrogens with two attached hydrogens (primary N) is 1. The Morgan fingerprint density at radius 1 is 1.47 bits per heavy atom. The standard InChI is InChI=1S/C13H15BrFN3O/c1-2-8(7-16)5-12-17-13(18-19-12)9-3-4-11(15)10(14)6-9/h3-4,6,8H,2,5,7,16H2,1H3. The first kappa shape index (κ1) is 14.1. The zero-order chi connectivity index (χ0) is 13.8. The molecule has 1 aromatic carbocycles. The van der Waals surface area contributed by atoms with E-state index in [-0.39, 0.29) is 5.82 Å². The van der Waals surface area contributed by atoms with Crippen molar-refractivity contribution < 1.29 is 8.91 Å². The summed E-state index contributed by atoms with van der Waals surface area (Å²) in [7, 11) is 0. The molecule has 0 fully saturated rings. The van der Waals surface area contributed by atoms with Crippen LogP contribution in [0.25, 0.3) is 11.4 Å². The van der Waals surface area contributed by atoms with Crippen molar-refractivity contribution in [1.29, 1.82) is 0 Å². The van der Waals surface area contributed by atoms with Crippen LogP contribution < -0.4 is 5.73 Å². The zero-order valence-electron chi connectivity index (χ0n) is 10.6. The van der Waals surface area contributed by atoms with E-state index in [1.165, 1.54) is 6.07 Å². The molecule has 0 bridgehead atoms. The van der Waals surface area contributed by atoms with Crippen LogP contribution in [0.4, 0.5) is 4.39 Å². The molecule has 1 heterocycles. The lowest BCUT2D eigenvalue weighted by Gasteiger charge is -2.07. The second-order valence-corrected chi connectivity index (χ2v) is 5.21. The summed E-state index contributed by atoms with van der Waals surface area (Å²) in [5.74, 6) is 1.05. The molecule has 0 saturated heterocycles. The van der Waals surface area contributed by atoms with Crippen molar-refractivity contribution in [3.8, 4) is 11.4 Å². The van der Waals surface area contributed by atoms with Gasteiger partial charge in [-0.2, -0.15) is 4.98 Å².